The van der Waals surface area contributed by atoms with Crippen LogP contribution in [0.15, 0.2) is 14.1 Å². The molecule has 0 fully saturated rings. The summed E-state index contributed by atoms with van der Waals surface area (Å²) in [6.07, 6.45) is 0.977. The molecule has 0 saturated carbocycles. The molecule has 0 unspecified atom stereocenters. The minimum absolute atomic E-state index is 0.0268. The fourth-order valence-corrected chi connectivity index (χ4v) is 2.86. The molecule has 0 aliphatic carbocycles. The van der Waals surface area contributed by atoms with Crippen LogP contribution in [0.5, 0.6) is 0 Å². The number of nitrogens with two attached hydrogens (primary N) is 1. The number of ketones is 1. The molecule has 2 aromatic rings. The van der Waals surface area contributed by atoms with Crippen LogP contribution >= 0.6 is 0 Å². The number of ether oxygens (including phenoxy) is 1. The first-order valence-electron chi connectivity index (χ1n) is 8.88. The molecule has 10 nitrogen and oxygen atoms in total. The van der Waals surface area contributed by atoms with Gasteiger partial charge in [-0.2, -0.15) is 0 Å². The number of anilines is 1. The normalized spacial score (nSPS) is 10.9. The molecule has 0 radical (unpaired) electrons. The fraction of sp³-hybridized carbons (Fsp3) is 0.500. The highest BCUT2D eigenvalue weighted by Crippen LogP contribution is 2.14. The number of rotatable bonds is 8. The molecule has 0 aliphatic heterocycles. The summed E-state index contributed by atoms with van der Waals surface area (Å²) in [5.74, 6) is -0.957. The highest BCUT2D eigenvalue weighted by molar-refractivity contribution is 6.01. The van der Waals surface area contributed by atoms with E-state index in [0.29, 0.717) is 24.3 Å². The molecule has 0 bridgehead atoms. The van der Waals surface area contributed by atoms with Crippen molar-refractivity contribution in [1.82, 2.24) is 14.3 Å². The molecule has 0 atom stereocenters. The fourth-order valence-electron chi connectivity index (χ4n) is 2.86. The average molecular weight is 392 g/mol. The summed E-state index contributed by atoms with van der Waals surface area (Å²) >= 11 is 0. The van der Waals surface area contributed by atoms with Crippen LogP contribution in [0, 0.1) is 13.8 Å². The van der Waals surface area contributed by atoms with Gasteiger partial charge in [-0.1, -0.05) is 12.1 Å². The highest BCUT2D eigenvalue weighted by Gasteiger charge is 2.22. The van der Waals surface area contributed by atoms with E-state index < -0.39 is 29.6 Å². The lowest BCUT2D eigenvalue weighted by Crippen LogP contribution is -2.43. The van der Waals surface area contributed by atoms with E-state index in [-0.39, 0.29) is 24.3 Å². The molecule has 0 amide bonds. The number of carbonyl (C=O) groups is 2. The maximum atomic E-state index is 12.4. The van der Waals surface area contributed by atoms with Crippen molar-refractivity contribution in [3.05, 3.63) is 43.4 Å². The third-order valence-corrected chi connectivity index (χ3v) is 4.43. The number of aromatic nitrogens is 3. The van der Waals surface area contributed by atoms with Crippen molar-refractivity contribution in [2.24, 2.45) is 7.05 Å². The Bertz CT molecular complexity index is 995. The van der Waals surface area contributed by atoms with Crippen LogP contribution in [0.2, 0.25) is 0 Å². The molecular formula is C18H24N4O6. The lowest BCUT2D eigenvalue weighted by Gasteiger charge is -2.13. The van der Waals surface area contributed by atoms with E-state index in [2.05, 4.69) is 5.16 Å². The lowest BCUT2D eigenvalue weighted by atomic mass is 10.1. The molecule has 2 heterocycles. The van der Waals surface area contributed by atoms with Crippen LogP contribution in [-0.2, 0) is 29.5 Å². The number of hydrogen-bond acceptors (Lipinski definition) is 8. The smallest absolute Gasteiger partial charge is 0.332 e. The Balaban J connectivity index is 2.10. The zero-order chi connectivity index (χ0) is 21.0. The van der Waals surface area contributed by atoms with Gasteiger partial charge in [0.25, 0.3) is 5.56 Å². The minimum atomic E-state index is -0.813. The average Bonchev–Trinajstić information content (AvgIpc) is 2.98. The number of carbonyl (C=O) groups excluding carboxylic acids is 2. The van der Waals surface area contributed by atoms with Crippen molar-refractivity contribution in [2.45, 2.75) is 46.6 Å². The maximum Gasteiger partial charge on any atom is 0.332 e. The largest absolute Gasteiger partial charge is 0.457 e. The van der Waals surface area contributed by atoms with Gasteiger partial charge in [0.15, 0.2) is 6.61 Å². The van der Waals surface area contributed by atoms with Crippen LogP contribution in [0.25, 0.3) is 0 Å². The van der Waals surface area contributed by atoms with Crippen LogP contribution in [0.3, 0.4) is 0 Å². The summed E-state index contributed by atoms with van der Waals surface area (Å²) in [4.78, 5) is 48.8. The van der Waals surface area contributed by atoms with Crippen molar-refractivity contribution in [2.75, 3.05) is 12.3 Å². The Morgan fingerprint density at radius 3 is 2.50 bits per heavy atom. The molecule has 152 valence electrons. The van der Waals surface area contributed by atoms with Gasteiger partial charge >= 0.3 is 11.7 Å². The second-order valence-corrected chi connectivity index (χ2v) is 6.45. The zero-order valence-corrected chi connectivity index (χ0v) is 16.4. The van der Waals surface area contributed by atoms with Crippen LogP contribution < -0.4 is 17.0 Å². The summed E-state index contributed by atoms with van der Waals surface area (Å²) in [6, 6.07) is 0. The van der Waals surface area contributed by atoms with E-state index >= 15 is 0 Å². The number of Topliss-reactive ketones (excluding diaryl/α,β-unsaturated/α-hetero) is 1. The van der Waals surface area contributed by atoms with Gasteiger partial charge in [0, 0.05) is 25.6 Å². The van der Waals surface area contributed by atoms with Gasteiger partial charge in [0.1, 0.15) is 17.1 Å². The molecule has 0 aliphatic rings. The van der Waals surface area contributed by atoms with Gasteiger partial charge in [-0.15, -0.1) is 0 Å². The third-order valence-electron chi connectivity index (χ3n) is 4.43. The number of nitrogen functional groups attached to an aromatic ring is 1. The second kappa shape index (κ2) is 8.68. The Morgan fingerprint density at radius 1 is 1.25 bits per heavy atom. The van der Waals surface area contributed by atoms with Gasteiger partial charge in [0.2, 0.25) is 5.78 Å². The molecule has 28 heavy (non-hydrogen) atoms. The van der Waals surface area contributed by atoms with E-state index in [1.165, 1.54) is 7.05 Å². The monoisotopic (exact) mass is 392 g/mol. The summed E-state index contributed by atoms with van der Waals surface area (Å²) in [6.45, 7) is 4.97. The van der Waals surface area contributed by atoms with Gasteiger partial charge in [-0.25, -0.2) is 4.79 Å². The summed E-state index contributed by atoms with van der Waals surface area (Å²) < 4.78 is 12.0. The molecule has 0 saturated heterocycles. The highest BCUT2D eigenvalue weighted by atomic mass is 16.5. The van der Waals surface area contributed by atoms with Crippen molar-refractivity contribution in [3.8, 4) is 0 Å². The lowest BCUT2D eigenvalue weighted by molar-refractivity contribution is -0.142. The first-order chi connectivity index (χ1) is 13.2. The van der Waals surface area contributed by atoms with E-state index in [4.69, 9.17) is 15.0 Å². The predicted octanol–water partition coefficient (Wildman–Crippen LogP) is 0.503. The minimum Gasteiger partial charge on any atom is -0.457 e. The van der Waals surface area contributed by atoms with Crippen LogP contribution in [-0.4, -0.2) is 32.7 Å². The van der Waals surface area contributed by atoms with E-state index in [1.807, 2.05) is 6.92 Å². The molecule has 2 N–H and O–H groups in total. The number of nitrogens with zero attached hydrogens (tertiary/aromatic N) is 3. The van der Waals surface area contributed by atoms with Crippen molar-refractivity contribution < 1.29 is 18.8 Å². The Kier molecular flexibility index (Phi) is 6.55. The maximum absolute atomic E-state index is 12.4. The quantitative estimate of drug-likeness (QED) is 0.506. The molecule has 10 heteroatoms. The van der Waals surface area contributed by atoms with Gasteiger partial charge in [-0.05, 0) is 26.7 Å². The summed E-state index contributed by atoms with van der Waals surface area (Å²) in [5.41, 5.74) is 5.61. The van der Waals surface area contributed by atoms with Gasteiger partial charge in [-0.3, -0.25) is 23.5 Å². The van der Waals surface area contributed by atoms with Gasteiger partial charge in [0.05, 0.1) is 5.69 Å². The van der Waals surface area contributed by atoms with Crippen molar-refractivity contribution in [3.63, 3.8) is 0 Å². The molecule has 0 spiro atoms. The summed E-state index contributed by atoms with van der Waals surface area (Å²) in [5, 5.41) is 3.81. The van der Waals surface area contributed by atoms with Crippen molar-refractivity contribution in [1.29, 1.82) is 0 Å². The first kappa shape index (κ1) is 21.1. The standard InChI is InChI=1S/C18H24N4O6/c1-5-8-22-16(19)15(17(25)21(4)18(22)26)13(23)9-27-14(24)7-6-12-10(2)20-28-11(12)3/h5-9,19H2,1-4H3. The molecule has 0 aromatic carbocycles. The van der Waals surface area contributed by atoms with E-state index in [1.54, 1.807) is 13.8 Å². The Labute approximate surface area is 160 Å². The van der Waals surface area contributed by atoms with Gasteiger partial charge < -0.3 is 15.0 Å². The number of aryl methyl sites for hydroxylation is 2. The zero-order valence-electron chi connectivity index (χ0n) is 16.4. The Hall–Kier alpha value is -3.17. The number of esters is 1. The molecular weight excluding hydrogens is 368 g/mol. The summed E-state index contributed by atoms with van der Waals surface area (Å²) in [7, 11) is 1.27. The molecule has 2 rings (SSSR count). The topological polar surface area (TPSA) is 139 Å². The van der Waals surface area contributed by atoms with Crippen LogP contribution in [0.1, 0.15) is 47.1 Å². The number of hydrogen-bond donors (Lipinski definition) is 1. The SMILES string of the molecule is CCCn1c(N)c(C(=O)COC(=O)CCc2c(C)noc2C)c(=O)n(C)c1=O. The van der Waals surface area contributed by atoms with E-state index in [0.717, 1.165) is 14.7 Å². The predicted molar refractivity (Wildman–Crippen MR) is 100 cm³/mol. The Morgan fingerprint density at radius 2 is 1.93 bits per heavy atom. The third kappa shape index (κ3) is 4.21. The first-order valence-corrected chi connectivity index (χ1v) is 8.88. The van der Waals surface area contributed by atoms with Crippen LogP contribution in [0.4, 0.5) is 5.82 Å². The van der Waals surface area contributed by atoms with E-state index in [9.17, 15) is 19.2 Å². The second-order valence-electron chi connectivity index (χ2n) is 6.45. The molecule has 2 aromatic heterocycles. The van der Waals surface area contributed by atoms with Crippen molar-refractivity contribution >= 4 is 17.6 Å².